The predicted octanol–water partition coefficient (Wildman–Crippen LogP) is 3.40. The standard InChI is InChI=1S/C25H33N5O2.HI/c1-2-26-25(28-19-20-6-5-7-22(18-20)23-8-3-4-11-27-23)30-12-9-21(10-13-30)24(31)29-14-16-32-17-15-29;/h3-8,11,18,21H,2,9-10,12-17,19H2,1H3,(H,26,28);1H. The van der Waals surface area contributed by atoms with Crippen LogP contribution in [0.1, 0.15) is 25.3 Å². The van der Waals surface area contributed by atoms with E-state index in [2.05, 4.69) is 46.4 Å². The topological polar surface area (TPSA) is 70.1 Å². The maximum atomic E-state index is 12.8. The van der Waals surface area contributed by atoms with Crippen molar-refractivity contribution in [2.45, 2.75) is 26.3 Å². The van der Waals surface area contributed by atoms with E-state index >= 15 is 0 Å². The number of amides is 1. The summed E-state index contributed by atoms with van der Waals surface area (Å²) in [6.07, 6.45) is 3.56. The van der Waals surface area contributed by atoms with Crippen molar-refractivity contribution >= 4 is 35.8 Å². The van der Waals surface area contributed by atoms with Gasteiger partial charge >= 0.3 is 0 Å². The number of piperidine rings is 1. The van der Waals surface area contributed by atoms with E-state index in [-0.39, 0.29) is 29.9 Å². The lowest BCUT2D eigenvalue weighted by atomic mass is 9.95. The Morgan fingerprint density at radius 3 is 2.58 bits per heavy atom. The van der Waals surface area contributed by atoms with Gasteiger partial charge in [-0.3, -0.25) is 9.78 Å². The van der Waals surface area contributed by atoms with Crippen LogP contribution < -0.4 is 5.32 Å². The molecule has 0 radical (unpaired) electrons. The van der Waals surface area contributed by atoms with Crippen LogP contribution in [0.3, 0.4) is 0 Å². The van der Waals surface area contributed by atoms with Crippen LogP contribution in [0.5, 0.6) is 0 Å². The number of rotatable bonds is 5. The molecule has 1 N–H and O–H groups in total. The number of morpholine rings is 1. The third-order valence-electron chi connectivity index (χ3n) is 6.10. The van der Waals surface area contributed by atoms with Crippen molar-refractivity contribution in [2.75, 3.05) is 45.9 Å². The Hall–Kier alpha value is -2.20. The third kappa shape index (κ3) is 6.89. The largest absolute Gasteiger partial charge is 0.378 e. The summed E-state index contributed by atoms with van der Waals surface area (Å²) in [5, 5.41) is 3.43. The van der Waals surface area contributed by atoms with Crippen molar-refractivity contribution < 1.29 is 9.53 Å². The molecule has 0 aliphatic carbocycles. The minimum atomic E-state index is 0. The minimum absolute atomic E-state index is 0. The molecule has 7 nitrogen and oxygen atoms in total. The number of pyridine rings is 1. The molecule has 0 spiro atoms. The highest BCUT2D eigenvalue weighted by Crippen LogP contribution is 2.21. The summed E-state index contributed by atoms with van der Waals surface area (Å²) in [7, 11) is 0. The second-order valence-electron chi connectivity index (χ2n) is 8.28. The van der Waals surface area contributed by atoms with Crippen LogP contribution in [-0.2, 0) is 16.1 Å². The smallest absolute Gasteiger partial charge is 0.225 e. The zero-order valence-electron chi connectivity index (χ0n) is 19.3. The summed E-state index contributed by atoms with van der Waals surface area (Å²) >= 11 is 0. The fourth-order valence-electron chi connectivity index (χ4n) is 4.33. The summed E-state index contributed by atoms with van der Waals surface area (Å²) in [5.74, 6) is 1.33. The first-order valence-electron chi connectivity index (χ1n) is 11.6. The average molecular weight is 563 g/mol. The summed E-state index contributed by atoms with van der Waals surface area (Å²) < 4.78 is 5.38. The van der Waals surface area contributed by atoms with Gasteiger partial charge in [-0.2, -0.15) is 0 Å². The minimum Gasteiger partial charge on any atom is -0.378 e. The van der Waals surface area contributed by atoms with E-state index < -0.39 is 0 Å². The number of ether oxygens (including phenoxy) is 1. The number of carbonyl (C=O) groups is 1. The first-order chi connectivity index (χ1) is 15.7. The lowest BCUT2D eigenvalue weighted by molar-refractivity contribution is -0.140. The fraction of sp³-hybridized carbons (Fsp3) is 0.480. The first kappa shape index (κ1) is 25.4. The normalized spacial score (nSPS) is 17.4. The number of benzene rings is 1. The van der Waals surface area contributed by atoms with Gasteiger partial charge in [-0.15, -0.1) is 24.0 Å². The second kappa shape index (κ2) is 12.9. The van der Waals surface area contributed by atoms with Crippen LogP contribution in [-0.4, -0.2) is 72.6 Å². The molecular weight excluding hydrogens is 529 g/mol. The van der Waals surface area contributed by atoms with Gasteiger partial charge in [-0.25, -0.2) is 4.99 Å². The van der Waals surface area contributed by atoms with E-state index in [9.17, 15) is 4.79 Å². The van der Waals surface area contributed by atoms with Gasteiger partial charge in [0.2, 0.25) is 5.91 Å². The summed E-state index contributed by atoms with van der Waals surface area (Å²) in [4.78, 5) is 26.4. The number of carbonyl (C=O) groups excluding carboxylic acids is 1. The van der Waals surface area contributed by atoms with Gasteiger partial charge < -0.3 is 19.9 Å². The second-order valence-corrected chi connectivity index (χ2v) is 8.28. The molecule has 33 heavy (non-hydrogen) atoms. The number of aromatic nitrogens is 1. The van der Waals surface area contributed by atoms with Gasteiger partial charge in [0.05, 0.1) is 25.5 Å². The Labute approximate surface area is 213 Å². The maximum absolute atomic E-state index is 12.8. The Morgan fingerprint density at radius 2 is 1.88 bits per heavy atom. The molecule has 3 heterocycles. The third-order valence-corrected chi connectivity index (χ3v) is 6.10. The highest BCUT2D eigenvalue weighted by molar-refractivity contribution is 14.0. The van der Waals surface area contributed by atoms with E-state index in [0.717, 1.165) is 68.3 Å². The maximum Gasteiger partial charge on any atom is 0.225 e. The number of likely N-dealkylation sites (tertiary alicyclic amines) is 1. The number of nitrogens with zero attached hydrogens (tertiary/aromatic N) is 4. The molecule has 2 aliphatic heterocycles. The molecule has 178 valence electrons. The summed E-state index contributed by atoms with van der Waals surface area (Å²) in [5.41, 5.74) is 3.23. The van der Waals surface area contributed by atoms with Crippen molar-refractivity contribution in [1.82, 2.24) is 20.1 Å². The van der Waals surface area contributed by atoms with Crippen molar-refractivity contribution in [3.8, 4) is 11.3 Å². The van der Waals surface area contributed by atoms with Crippen LogP contribution in [0.25, 0.3) is 11.3 Å². The van der Waals surface area contributed by atoms with Crippen LogP contribution in [0.4, 0.5) is 0 Å². The van der Waals surface area contributed by atoms with Gasteiger partial charge in [0.15, 0.2) is 5.96 Å². The van der Waals surface area contributed by atoms with E-state index in [0.29, 0.717) is 25.7 Å². The van der Waals surface area contributed by atoms with Crippen LogP contribution >= 0.6 is 24.0 Å². The van der Waals surface area contributed by atoms with Gasteiger partial charge in [-0.05, 0) is 43.5 Å². The van der Waals surface area contributed by atoms with E-state index in [1.807, 2.05) is 29.3 Å². The molecule has 0 saturated carbocycles. The predicted molar refractivity (Wildman–Crippen MR) is 142 cm³/mol. The molecule has 2 aromatic rings. The molecule has 1 aromatic heterocycles. The lowest BCUT2D eigenvalue weighted by Crippen LogP contribution is -2.50. The lowest BCUT2D eigenvalue weighted by Gasteiger charge is -2.36. The van der Waals surface area contributed by atoms with Crippen molar-refractivity contribution in [3.63, 3.8) is 0 Å². The van der Waals surface area contributed by atoms with Gasteiger partial charge in [0.25, 0.3) is 0 Å². The highest BCUT2D eigenvalue weighted by atomic mass is 127. The van der Waals surface area contributed by atoms with Crippen LogP contribution in [0, 0.1) is 5.92 Å². The van der Waals surface area contributed by atoms with E-state index in [1.165, 1.54) is 0 Å². The number of guanidine groups is 1. The SMILES string of the molecule is CCNC(=NCc1cccc(-c2ccccn2)c1)N1CCC(C(=O)N2CCOCC2)CC1.I. The molecule has 2 saturated heterocycles. The Bertz CT molecular complexity index is 910. The van der Waals surface area contributed by atoms with Crippen molar-refractivity contribution in [3.05, 3.63) is 54.2 Å². The average Bonchev–Trinajstić information content (AvgIpc) is 2.87. The number of nitrogens with one attached hydrogen (secondary N) is 1. The zero-order chi connectivity index (χ0) is 22.2. The van der Waals surface area contributed by atoms with Crippen LogP contribution in [0.15, 0.2) is 53.7 Å². The van der Waals surface area contributed by atoms with E-state index in [1.54, 1.807) is 0 Å². The monoisotopic (exact) mass is 563 g/mol. The zero-order valence-corrected chi connectivity index (χ0v) is 21.6. The summed E-state index contributed by atoms with van der Waals surface area (Å²) in [6, 6.07) is 14.4. The Morgan fingerprint density at radius 1 is 1.09 bits per heavy atom. The molecule has 1 aromatic carbocycles. The van der Waals surface area contributed by atoms with Gasteiger partial charge in [0.1, 0.15) is 0 Å². The Kier molecular flexibility index (Phi) is 9.93. The molecule has 0 bridgehead atoms. The van der Waals surface area contributed by atoms with Gasteiger partial charge in [-0.1, -0.05) is 24.3 Å². The van der Waals surface area contributed by atoms with Crippen molar-refractivity contribution in [1.29, 1.82) is 0 Å². The number of halogens is 1. The fourth-order valence-corrected chi connectivity index (χ4v) is 4.33. The number of hydrogen-bond donors (Lipinski definition) is 1. The van der Waals surface area contributed by atoms with Crippen LogP contribution in [0.2, 0.25) is 0 Å². The molecule has 2 fully saturated rings. The van der Waals surface area contributed by atoms with Gasteiger partial charge in [0, 0.05) is 50.4 Å². The van der Waals surface area contributed by atoms with E-state index in [4.69, 9.17) is 9.73 Å². The first-order valence-corrected chi connectivity index (χ1v) is 11.6. The molecule has 2 aliphatic rings. The quantitative estimate of drug-likeness (QED) is 0.343. The summed E-state index contributed by atoms with van der Waals surface area (Å²) in [6.45, 7) is 7.97. The molecule has 8 heteroatoms. The van der Waals surface area contributed by atoms with Crippen molar-refractivity contribution in [2.24, 2.45) is 10.9 Å². The highest BCUT2D eigenvalue weighted by Gasteiger charge is 2.30. The number of aliphatic imine (C=N–C) groups is 1. The molecule has 4 rings (SSSR count). The number of hydrogen-bond acceptors (Lipinski definition) is 4. The molecule has 1 amide bonds. The molecular formula is C25H34IN5O2. The Balaban J connectivity index is 0.00000306. The molecule has 0 atom stereocenters. The molecule has 0 unspecified atom stereocenters.